The molecule has 0 atom stereocenters. The number of rotatable bonds is 2. The van der Waals surface area contributed by atoms with E-state index >= 15 is 0 Å². The van der Waals surface area contributed by atoms with Gasteiger partial charge >= 0.3 is 0 Å². The van der Waals surface area contributed by atoms with Gasteiger partial charge in [-0.25, -0.2) is 0 Å². The standard InChI is InChI=1S/C18H16.CH4/c1-13(2)11-18-16-9-5-3-7-14(16)12-15-8-4-6-10-17(15)18;/h3-10,12H,1,11H2,2H3;1H4. The van der Waals surface area contributed by atoms with Crippen LogP contribution in [0, 0.1) is 0 Å². The number of allylic oxidation sites excluding steroid dienone is 1. The van der Waals surface area contributed by atoms with Crippen LogP contribution in [0.25, 0.3) is 21.5 Å². The lowest BCUT2D eigenvalue weighted by Gasteiger charge is -2.11. The van der Waals surface area contributed by atoms with Crippen LogP contribution in [0.5, 0.6) is 0 Å². The largest absolute Gasteiger partial charge is 0.0998 e. The minimum absolute atomic E-state index is 0. The molecule has 0 saturated carbocycles. The van der Waals surface area contributed by atoms with Crippen LogP contribution in [-0.4, -0.2) is 0 Å². The predicted octanol–water partition coefficient (Wildman–Crippen LogP) is 5.75. The lowest BCUT2D eigenvalue weighted by atomic mass is 9.93. The lowest BCUT2D eigenvalue weighted by molar-refractivity contribution is 1.19. The lowest BCUT2D eigenvalue weighted by Crippen LogP contribution is -1.90. The van der Waals surface area contributed by atoms with Crippen molar-refractivity contribution in [3.63, 3.8) is 0 Å². The Balaban J connectivity index is 0.00000133. The zero-order valence-corrected chi connectivity index (χ0v) is 10.6. The molecule has 0 amide bonds. The fourth-order valence-corrected chi connectivity index (χ4v) is 2.60. The van der Waals surface area contributed by atoms with Crippen LogP contribution in [0.1, 0.15) is 19.9 Å². The van der Waals surface area contributed by atoms with E-state index in [1.807, 2.05) is 0 Å². The summed E-state index contributed by atoms with van der Waals surface area (Å²) in [5.41, 5.74) is 2.60. The van der Waals surface area contributed by atoms with Crippen molar-refractivity contribution in [3.8, 4) is 0 Å². The number of hydrogen-bond acceptors (Lipinski definition) is 0. The van der Waals surface area contributed by atoms with E-state index in [1.165, 1.54) is 32.7 Å². The normalized spacial score (nSPS) is 10.4. The molecule has 0 heterocycles. The van der Waals surface area contributed by atoms with E-state index in [9.17, 15) is 0 Å². The second-order valence-electron chi connectivity index (χ2n) is 4.93. The summed E-state index contributed by atoms with van der Waals surface area (Å²) in [7, 11) is 0. The van der Waals surface area contributed by atoms with Gasteiger partial charge in [0.2, 0.25) is 0 Å². The molecule has 0 unspecified atom stereocenters. The molecule has 0 bridgehead atoms. The zero-order chi connectivity index (χ0) is 12.5. The maximum atomic E-state index is 4.06. The van der Waals surface area contributed by atoms with Crippen LogP contribution >= 0.6 is 0 Å². The zero-order valence-electron chi connectivity index (χ0n) is 10.6. The van der Waals surface area contributed by atoms with Crippen molar-refractivity contribution >= 4 is 21.5 Å². The van der Waals surface area contributed by atoms with Crippen LogP contribution in [0.2, 0.25) is 0 Å². The molecule has 3 rings (SSSR count). The Bertz CT molecular complexity index is 681. The van der Waals surface area contributed by atoms with E-state index in [0.29, 0.717) is 0 Å². The van der Waals surface area contributed by atoms with Gasteiger partial charge in [-0.3, -0.25) is 0 Å². The molecule has 0 nitrogen and oxygen atoms in total. The summed E-state index contributed by atoms with van der Waals surface area (Å²) in [4.78, 5) is 0. The summed E-state index contributed by atoms with van der Waals surface area (Å²) in [6, 6.07) is 19.5. The molecule has 3 aromatic rings. The van der Waals surface area contributed by atoms with Gasteiger partial charge in [0.1, 0.15) is 0 Å². The molecule has 96 valence electrons. The van der Waals surface area contributed by atoms with Crippen molar-refractivity contribution in [2.75, 3.05) is 0 Å². The Labute approximate surface area is 115 Å². The van der Waals surface area contributed by atoms with Gasteiger partial charge in [0.15, 0.2) is 0 Å². The molecule has 0 fully saturated rings. The van der Waals surface area contributed by atoms with Crippen molar-refractivity contribution in [2.45, 2.75) is 20.8 Å². The Morgan fingerprint density at radius 3 is 1.84 bits per heavy atom. The molecule has 0 saturated heterocycles. The number of hydrogen-bond donors (Lipinski definition) is 0. The highest BCUT2D eigenvalue weighted by Crippen LogP contribution is 2.29. The fraction of sp³-hybridized carbons (Fsp3) is 0.158. The number of benzene rings is 3. The van der Waals surface area contributed by atoms with Gasteiger partial charge in [0.25, 0.3) is 0 Å². The SMILES string of the molecule is C.C=C(C)Cc1c2ccccc2cc2ccccc12. The first-order valence-electron chi connectivity index (χ1n) is 6.29. The first kappa shape index (κ1) is 13.4. The summed E-state index contributed by atoms with van der Waals surface area (Å²) in [5.74, 6) is 0. The summed E-state index contributed by atoms with van der Waals surface area (Å²) in [5, 5.41) is 5.32. The Kier molecular flexibility index (Phi) is 3.71. The minimum atomic E-state index is 0. The Morgan fingerprint density at radius 2 is 1.37 bits per heavy atom. The monoisotopic (exact) mass is 248 g/mol. The maximum Gasteiger partial charge on any atom is -0.00602 e. The number of fused-ring (bicyclic) bond motifs is 2. The van der Waals surface area contributed by atoms with Crippen molar-refractivity contribution in [3.05, 3.63) is 72.3 Å². The molecule has 0 spiro atoms. The molecule has 3 aromatic carbocycles. The van der Waals surface area contributed by atoms with Crippen molar-refractivity contribution in [1.29, 1.82) is 0 Å². The molecular weight excluding hydrogens is 228 g/mol. The second-order valence-corrected chi connectivity index (χ2v) is 4.93. The van der Waals surface area contributed by atoms with Gasteiger partial charge in [-0.15, -0.1) is 0 Å². The third kappa shape index (κ3) is 2.39. The third-order valence-corrected chi connectivity index (χ3v) is 3.36. The third-order valence-electron chi connectivity index (χ3n) is 3.36. The average Bonchev–Trinajstić information content (AvgIpc) is 2.38. The molecule has 0 aliphatic rings. The minimum Gasteiger partial charge on any atom is -0.0998 e. The Morgan fingerprint density at radius 1 is 0.895 bits per heavy atom. The van der Waals surface area contributed by atoms with Gasteiger partial charge in [0.05, 0.1) is 0 Å². The summed E-state index contributed by atoms with van der Waals surface area (Å²) in [6.07, 6.45) is 0.946. The van der Waals surface area contributed by atoms with Gasteiger partial charge in [-0.1, -0.05) is 68.1 Å². The van der Waals surface area contributed by atoms with E-state index in [1.54, 1.807) is 0 Å². The van der Waals surface area contributed by atoms with Crippen LogP contribution < -0.4 is 0 Å². The highest BCUT2D eigenvalue weighted by atomic mass is 14.1. The van der Waals surface area contributed by atoms with E-state index in [4.69, 9.17) is 0 Å². The van der Waals surface area contributed by atoms with Crippen molar-refractivity contribution < 1.29 is 0 Å². The topological polar surface area (TPSA) is 0 Å². The molecule has 0 radical (unpaired) electrons. The molecule has 0 N–H and O–H groups in total. The quantitative estimate of drug-likeness (QED) is 0.400. The maximum absolute atomic E-state index is 4.06. The predicted molar refractivity (Wildman–Crippen MR) is 86.7 cm³/mol. The van der Waals surface area contributed by atoms with Crippen LogP contribution in [0.4, 0.5) is 0 Å². The van der Waals surface area contributed by atoms with Gasteiger partial charge in [-0.05, 0) is 46.5 Å². The summed E-state index contributed by atoms with van der Waals surface area (Å²) in [6.45, 7) is 6.16. The molecule has 0 aromatic heterocycles. The first-order chi connectivity index (χ1) is 8.75. The Hall–Kier alpha value is -2.08. The summed E-state index contributed by atoms with van der Waals surface area (Å²) < 4.78 is 0. The molecular formula is C19H20. The van der Waals surface area contributed by atoms with E-state index in [-0.39, 0.29) is 7.43 Å². The first-order valence-corrected chi connectivity index (χ1v) is 6.29. The van der Waals surface area contributed by atoms with Crippen LogP contribution in [0.15, 0.2) is 66.7 Å². The van der Waals surface area contributed by atoms with E-state index in [0.717, 1.165) is 6.42 Å². The highest BCUT2D eigenvalue weighted by molar-refractivity contribution is 6.02. The van der Waals surface area contributed by atoms with Gasteiger partial charge in [-0.2, -0.15) is 0 Å². The van der Waals surface area contributed by atoms with Crippen LogP contribution in [-0.2, 0) is 6.42 Å². The highest BCUT2D eigenvalue weighted by Gasteiger charge is 2.06. The van der Waals surface area contributed by atoms with E-state index in [2.05, 4.69) is 68.1 Å². The van der Waals surface area contributed by atoms with Crippen LogP contribution in [0.3, 0.4) is 0 Å². The fourth-order valence-electron chi connectivity index (χ4n) is 2.60. The molecule has 0 aliphatic heterocycles. The molecule has 0 heteroatoms. The molecule has 19 heavy (non-hydrogen) atoms. The second kappa shape index (κ2) is 5.27. The smallest absolute Gasteiger partial charge is 0.00602 e. The summed E-state index contributed by atoms with van der Waals surface area (Å²) >= 11 is 0. The van der Waals surface area contributed by atoms with E-state index < -0.39 is 0 Å². The van der Waals surface area contributed by atoms with Gasteiger partial charge in [0, 0.05) is 0 Å². The average molecular weight is 248 g/mol. The van der Waals surface area contributed by atoms with Gasteiger partial charge < -0.3 is 0 Å². The van der Waals surface area contributed by atoms with Crippen molar-refractivity contribution in [1.82, 2.24) is 0 Å². The van der Waals surface area contributed by atoms with Crippen molar-refractivity contribution in [2.24, 2.45) is 0 Å². The molecule has 0 aliphatic carbocycles.